The molecule has 1 saturated carbocycles. The van der Waals surface area contributed by atoms with Gasteiger partial charge in [0.15, 0.2) is 0 Å². The van der Waals surface area contributed by atoms with Crippen molar-refractivity contribution < 1.29 is 4.39 Å². The van der Waals surface area contributed by atoms with E-state index in [-0.39, 0.29) is 5.82 Å². The monoisotopic (exact) mass is 248 g/mol. The molecule has 0 amide bonds. The van der Waals surface area contributed by atoms with Crippen LogP contribution in [0.4, 0.5) is 4.39 Å². The molecule has 1 heterocycles. The normalized spacial score (nSPS) is 23.8. The third-order valence-electron chi connectivity index (χ3n) is 4.01. The molecular weight excluding hydrogens is 227 g/mol. The summed E-state index contributed by atoms with van der Waals surface area (Å²) >= 11 is 0. The van der Waals surface area contributed by atoms with E-state index >= 15 is 0 Å². The van der Waals surface area contributed by atoms with Gasteiger partial charge in [0.25, 0.3) is 0 Å². The van der Waals surface area contributed by atoms with Gasteiger partial charge in [0.05, 0.1) is 0 Å². The van der Waals surface area contributed by atoms with E-state index in [2.05, 4.69) is 10.2 Å². The van der Waals surface area contributed by atoms with Crippen LogP contribution in [0.2, 0.25) is 0 Å². The van der Waals surface area contributed by atoms with Gasteiger partial charge in [0, 0.05) is 30.7 Å². The quantitative estimate of drug-likeness (QED) is 0.861. The van der Waals surface area contributed by atoms with Crippen molar-refractivity contribution >= 4 is 0 Å². The lowest BCUT2D eigenvalue weighted by Crippen LogP contribution is -2.38. The fraction of sp³-hybridized carbons (Fsp3) is 0.600. The standard InChI is InChI=1S/C15H21FN2/c16-15-6-2-1-4-12(15)10-18(14-7-8-14)11-13-5-3-9-17-13/h1-2,4,6,13-14,17H,3,5,7-11H2. The van der Waals surface area contributed by atoms with Gasteiger partial charge in [0.1, 0.15) is 5.82 Å². The fourth-order valence-corrected chi connectivity index (χ4v) is 2.82. The van der Waals surface area contributed by atoms with E-state index < -0.39 is 0 Å². The minimum Gasteiger partial charge on any atom is -0.313 e. The van der Waals surface area contributed by atoms with Crippen molar-refractivity contribution in [3.63, 3.8) is 0 Å². The first-order valence-corrected chi connectivity index (χ1v) is 7.04. The maximum Gasteiger partial charge on any atom is 0.127 e. The van der Waals surface area contributed by atoms with Crippen molar-refractivity contribution in [1.29, 1.82) is 0 Å². The van der Waals surface area contributed by atoms with Crippen LogP contribution in [0.1, 0.15) is 31.2 Å². The number of nitrogens with one attached hydrogen (secondary N) is 1. The van der Waals surface area contributed by atoms with Gasteiger partial charge < -0.3 is 5.32 Å². The zero-order valence-corrected chi connectivity index (χ0v) is 10.7. The minimum atomic E-state index is -0.0671. The van der Waals surface area contributed by atoms with Crippen molar-refractivity contribution in [3.8, 4) is 0 Å². The van der Waals surface area contributed by atoms with Crippen molar-refractivity contribution in [2.24, 2.45) is 0 Å². The van der Waals surface area contributed by atoms with Crippen LogP contribution in [0.15, 0.2) is 24.3 Å². The number of nitrogens with zero attached hydrogens (tertiary/aromatic N) is 1. The number of halogens is 1. The molecule has 3 rings (SSSR count). The third kappa shape index (κ3) is 2.90. The molecule has 98 valence electrons. The van der Waals surface area contributed by atoms with Crippen molar-refractivity contribution in [2.75, 3.05) is 13.1 Å². The molecule has 1 aliphatic carbocycles. The summed E-state index contributed by atoms with van der Waals surface area (Å²) < 4.78 is 13.7. The Hall–Kier alpha value is -0.930. The first-order valence-electron chi connectivity index (χ1n) is 7.04. The Morgan fingerprint density at radius 3 is 2.72 bits per heavy atom. The maximum absolute atomic E-state index is 13.7. The molecule has 1 aromatic rings. The van der Waals surface area contributed by atoms with Crippen LogP contribution >= 0.6 is 0 Å². The molecule has 3 heteroatoms. The highest BCUT2D eigenvalue weighted by Gasteiger charge is 2.31. The van der Waals surface area contributed by atoms with Crippen molar-refractivity contribution in [1.82, 2.24) is 10.2 Å². The predicted molar refractivity (Wildman–Crippen MR) is 70.9 cm³/mol. The van der Waals surface area contributed by atoms with E-state index in [1.165, 1.54) is 25.7 Å². The van der Waals surface area contributed by atoms with Gasteiger partial charge in [-0.1, -0.05) is 18.2 Å². The highest BCUT2D eigenvalue weighted by atomic mass is 19.1. The fourth-order valence-electron chi connectivity index (χ4n) is 2.82. The molecule has 1 aromatic carbocycles. The van der Waals surface area contributed by atoms with Crippen LogP contribution in [-0.4, -0.2) is 30.1 Å². The molecule has 1 aliphatic heterocycles. The second kappa shape index (κ2) is 5.37. The van der Waals surface area contributed by atoms with E-state index in [4.69, 9.17) is 0 Å². The molecule has 2 aliphatic rings. The lowest BCUT2D eigenvalue weighted by atomic mass is 10.1. The molecule has 1 atom stereocenters. The molecule has 0 aromatic heterocycles. The lowest BCUT2D eigenvalue weighted by Gasteiger charge is -2.25. The third-order valence-corrected chi connectivity index (χ3v) is 4.01. The SMILES string of the molecule is Fc1ccccc1CN(CC1CCCN1)C1CC1. The number of benzene rings is 1. The van der Waals surface area contributed by atoms with Crippen LogP contribution in [0.5, 0.6) is 0 Å². The van der Waals surface area contributed by atoms with Gasteiger partial charge in [-0.3, -0.25) is 4.90 Å². The Morgan fingerprint density at radius 2 is 2.06 bits per heavy atom. The Balaban J connectivity index is 1.64. The highest BCUT2D eigenvalue weighted by Crippen LogP contribution is 2.29. The van der Waals surface area contributed by atoms with E-state index in [9.17, 15) is 4.39 Å². The summed E-state index contributed by atoms with van der Waals surface area (Å²) in [6.07, 6.45) is 5.10. The number of rotatable bonds is 5. The predicted octanol–water partition coefficient (Wildman–Crippen LogP) is 2.54. The van der Waals surface area contributed by atoms with Crippen LogP contribution in [0, 0.1) is 5.82 Å². The molecule has 1 N–H and O–H groups in total. The molecule has 0 spiro atoms. The molecule has 0 radical (unpaired) electrons. The smallest absolute Gasteiger partial charge is 0.127 e. The Bertz CT molecular complexity index is 397. The highest BCUT2D eigenvalue weighted by molar-refractivity contribution is 5.17. The molecule has 1 unspecified atom stereocenters. The van der Waals surface area contributed by atoms with Gasteiger partial charge >= 0.3 is 0 Å². The minimum absolute atomic E-state index is 0.0671. The van der Waals surface area contributed by atoms with Gasteiger partial charge in [-0.25, -0.2) is 4.39 Å². The van der Waals surface area contributed by atoms with E-state index in [0.717, 1.165) is 25.2 Å². The van der Waals surface area contributed by atoms with Crippen LogP contribution in [-0.2, 0) is 6.54 Å². The zero-order valence-electron chi connectivity index (χ0n) is 10.7. The molecular formula is C15H21FN2. The summed E-state index contributed by atoms with van der Waals surface area (Å²) in [6.45, 7) is 2.97. The molecule has 18 heavy (non-hydrogen) atoms. The average molecular weight is 248 g/mol. The summed E-state index contributed by atoms with van der Waals surface area (Å²) in [6, 6.07) is 8.46. The largest absolute Gasteiger partial charge is 0.313 e. The maximum atomic E-state index is 13.7. The lowest BCUT2D eigenvalue weighted by molar-refractivity contribution is 0.228. The summed E-state index contributed by atoms with van der Waals surface area (Å²) in [5.74, 6) is -0.0671. The summed E-state index contributed by atoms with van der Waals surface area (Å²) in [7, 11) is 0. The van der Waals surface area contributed by atoms with E-state index in [0.29, 0.717) is 12.1 Å². The van der Waals surface area contributed by atoms with Crippen LogP contribution in [0.25, 0.3) is 0 Å². The van der Waals surface area contributed by atoms with Crippen molar-refractivity contribution in [2.45, 2.75) is 44.3 Å². The first kappa shape index (κ1) is 12.1. The van der Waals surface area contributed by atoms with Gasteiger partial charge in [0.2, 0.25) is 0 Å². The topological polar surface area (TPSA) is 15.3 Å². The average Bonchev–Trinajstić information content (AvgIpc) is 3.10. The Morgan fingerprint density at radius 1 is 1.22 bits per heavy atom. The summed E-state index contributed by atoms with van der Waals surface area (Å²) in [5.41, 5.74) is 0.836. The molecule has 1 saturated heterocycles. The molecule has 2 fully saturated rings. The Kier molecular flexibility index (Phi) is 3.62. The van der Waals surface area contributed by atoms with E-state index in [1.54, 1.807) is 12.1 Å². The van der Waals surface area contributed by atoms with Gasteiger partial charge in [-0.15, -0.1) is 0 Å². The molecule has 0 bridgehead atoms. The summed E-state index contributed by atoms with van der Waals surface area (Å²) in [4.78, 5) is 2.46. The first-order chi connectivity index (χ1) is 8.83. The van der Waals surface area contributed by atoms with Crippen LogP contribution < -0.4 is 5.32 Å². The second-order valence-corrected chi connectivity index (χ2v) is 5.55. The zero-order chi connectivity index (χ0) is 12.4. The van der Waals surface area contributed by atoms with E-state index in [1.807, 2.05) is 12.1 Å². The van der Waals surface area contributed by atoms with Gasteiger partial charge in [-0.2, -0.15) is 0 Å². The van der Waals surface area contributed by atoms with Crippen LogP contribution in [0.3, 0.4) is 0 Å². The van der Waals surface area contributed by atoms with Crippen molar-refractivity contribution in [3.05, 3.63) is 35.6 Å². The second-order valence-electron chi connectivity index (χ2n) is 5.55. The number of hydrogen-bond acceptors (Lipinski definition) is 2. The van der Waals surface area contributed by atoms with Gasteiger partial charge in [-0.05, 0) is 38.3 Å². The number of hydrogen-bond donors (Lipinski definition) is 1. The molecule has 2 nitrogen and oxygen atoms in total. The Labute approximate surface area is 108 Å². The summed E-state index contributed by atoms with van der Waals surface area (Å²) in [5, 5.41) is 3.53.